The molecule has 1 unspecified atom stereocenters. The van der Waals surface area contributed by atoms with Crippen LogP contribution in [0.5, 0.6) is 0 Å². The first-order valence-corrected chi connectivity index (χ1v) is 6.79. The minimum absolute atomic E-state index is 0.257. The highest BCUT2D eigenvalue weighted by Crippen LogP contribution is 2.39. The highest BCUT2D eigenvalue weighted by Gasteiger charge is 2.26. The van der Waals surface area contributed by atoms with Crippen LogP contribution in [-0.2, 0) is 0 Å². The van der Waals surface area contributed by atoms with E-state index in [1.165, 1.54) is 24.8 Å². The molecule has 94 valence electrons. The first-order valence-electron chi connectivity index (χ1n) is 6.79. The van der Waals surface area contributed by atoms with Crippen molar-refractivity contribution in [2.24, 2.45) is 5.41 Å². The molecule has 1 heteroatoms. The van der Waals surface area contributed by atoms with Gasteiger partial charge in [0, 0.05) is 6.04 Å². The maximum absolute atomic E-state index is 3.46. The summed E-state index contributed by atoms with van der Waals surface area (Å²) in [5, 5.41) is 3.46. The third kappa shape index (κ3) is 2.71. The van der Waals surface area contributed by atoms with Crippen LogP contribution < -0.4 is 5.32 Å². The Bertz CT molecular complexity index is 371. The van der Waals surface area contributed by atoms with Crippen molar-refractivity contribution in [2.45, 2.75) is 52.0 Å². The summed E-state index contributed by atoms with van der Waals surface area (Å²) in [7, 11) is 2.06. The number of hydrogen-bond acceptors (Lipinski definition) is 1. The van der Waals surface area contributed by atoms with E-state index < -0.39 is 0 Å². The molecule has 0 saturated heterocycles. The van der Waals surface area contributed by atoms with E-state index in [1.807, 2.05) is 0 Å². The van der Waals surface area contributed by atoms with Crippen molar-refractivity contribution in [3.8, 4) is 0 Å². The molecule has 0 aliphatic heterocycles. The molecule has 0 radical (unpaired) electrons. The Morgan fingerprint density at radius 2 is 1.94 bits per heavy atom. The van der Waals surface area contributed by atoms with Gasteiger partial charge in [-0.15, -0.1) is 0 Å². The Kier molecular flexibility index (Phi) is 3.58. The molecule has 1 saturated carbocycles. The van der Waals surface area contributed by atoms with Gasteiger partial charge in [-0.25, -0.2) is 0 Å². The second-order valence-electron chi connectivity index (χ2n) is 6.39. The van der Waals surface area contributed by atoms with Crippen LogP contribution >= 0.6 is 0 Å². The summed E-state index contributed by atoms with van der Waals surface area (Å²) in [6, 6.07) is 9.62. The van der Waals surface area contributed by atoms with E-state index >= 15 is 0 Å². The van der Waals surface area contributed by atoms with Gasteiger partial charge < -0.3 is 5.32 Å². The predicted octanol–water partition coefficient (Wildman–Crippen LogP) is 4.26. The van der Waals surface area contributed by atoms with E-state index in [0.29, 0.717) is 6.04 Å². The van der Waals surface area contributed by atoms with E-state index in [0.717, 1.165) is 5.92 Å². The molecule has 0 aromatic heterocycles. The number of hydrogen-bond donors (Lipinski definition) is 1. The van der Waals surface area contributed by atoms with Gasteiger partial charge in [-0.05, 0) is 42.3 Å². The number of nitrogens with one attached hydrogen (secondary N) is 1. The van der Waals surface area contributed by atoms with E-state index in [9.17, 15) is 0 Å². The van der Waals surface area contributed by atoms with Crippen molar-refractivity contribution in [2.75, 3.05) is 7.05 Å². The molecule has 1 aliphatic rings. The first-order chi connectivity index (χ1) is 8.02. The predicted molar refractivity (Wildman–Crippen MR) is 74.3 cm³/mol. The summed E-state index contributed by atoms with van der Waals surface area (Å²) in [6.07, 6.45) is 4.16. The average molecular weight is 231 g/mol. The lowest BCUT2D eigenvalue weighted by molar-refractivity contribution is 0.286. The van der Waals surface area contributed by atoms with E-state index in [4.69, 9.17) is 0 Å². The van der Waals surface area contributed by atoms with Crippen molar-refractivity contribution in [1.29, 1.82) is 0 Å². The Hall–Kier alpha value is -0.820. The second-order valence-corrected chi connectivity index (χ2v) is 6.39. The fourth-order valence-electron chi connectivity index (χ4n) is 2.83. The van der Waals surface area contributed by atoms with Crippen LogP contribution in [0.25, 0.3) is 0 Å². The molecule has 1 aromatic carbocycles. The molecule has 17 heavy (non-hydrogen) atoms. The smallest absolute Gasteiger partial charge is 0.0366 e. The Labute approximate surface area is 106 Å². The molecule has 0 heterocycles. The van der Waals surface area contributed by atoms with Gasteiger partial charge in [-0.3, -0.25) is 0 Å². The van der Waals surface area contributed by atoms with Gasteiger partial charge in [0.05, 0.1) is 0 Å². The maximum atomic E-state index is 3.46. The Morgan fingerprint density at radius 1 is 1.24 bits per heavy atom. The zero-order chi connectivity index (χ0) is 12.5. The molecule has 1 N–H and O–H groups in total. The van der Waals surface area contributed by atoms with Crippen LogP contribution in [0.4, 0.5) is 0 Å². The highest BCUT2D eigenvalue weighted by molar-refractivity contribution is 5.30. The van der Waals surface area contributed by atoms with Crippen LogP contribution in [0.3, 0.4) is 0 Å². The van der Waals surface area contributed by atoms with Gasteiger partial charge in [-0.2, -0.15) is 0 Å². The van der Waals surface area contributed by atoms with Crippen LogP contribution in [0, 0.1) is 5.41 Å². The van der Waals surface area contributed by atoms with Crippen molar-refractivity contribution in [3.63, 3.8) is 0 Å². The maximum Gasteiger partial charge on any atom is 0.0366 e. The fraction of sp³-hybridized carbons (Fsp3) is 0.625. The Morgan fingerprint density at radius 3 is 2.41 bits per heavy atom. The van der Waals surface area contributed by atoms with Crippen LogP contribution in [0.2, 0.25) is 0 Å². The van der Waals surface area contributed by atoms with Crippen LogP contribution in [-0.4, -0.2) is 7.05 Å². The minimum Gasteiger partial charge on any atom is -0.313 e. The first kappa shape index (κ1) is 12.6. The summed E-state index contributed by atoms with van der Waals surface area (Å²) in [6.45, 7) is 6.89. The standard InChI is InChI=1S/C16H25N/c1-16(2,3)15(17-4)14-10-6-9-13(11-14)12-7-5-8-12/h6,9-12,15,17H,5,7-8H2,1-4H3. The molecule has 1 fully saturated rings. The highest BCUT2D eigenvalue weighted by atomic mass is 14.9. The third-order valence-electron chi connectivity index (χ3n) is 3.98. The largest absolute Gasteiger partial charge is 0.313 e. The van der Waals surface area contributed by atoms with Gasteiger partial charge in [0.25, 0.3) is 0 Å². The van der Waals surface area contributed by atoms with E-state index in [-0.39, 0.29) is 5.41 Å². The molecule has 0 spiro atoms. The van der Waals surface area contributed by atoms with Gasteiger partial charge >= 0.3 is 0 Å². The lowest BCUT2D eigenvalue weighted by Crippen LogP contribution is -2.29. The summed E-state index contributed by atoms with van der Waals surface area (Å²) in [5.74, 6) is 0.826. The van der Waals surface area contributed by atoms with Gasteiger partial charge in [0.1, 0.15) is 0 Å². The van der Waals surface area contributed by atoms with Gasteiger partial charge in [-0.1, -0.05) is 51.5 Å². The van der Waals surface area contributed by atoms with E-state index in [2.05, 4.69) is 57.4 Å². The fourth-order valence-corrected chi connectivity index (χ4v) is 2.83. The molecule has 1 aromatic rings. The molecular weight excluding hydrogens is 206 g/mol. The second kappa shape index (κ2) is 4.81. The summed E-state index contributed by atoms with van der Waals surface area (Å²) >= 11 is 0. The van der Waals surface area contributed by atoms with Crippen molar-refractivity contribution < 1.29 is 0 Å². The Balaban J connectivity index is 2.24. The quantitative estimate of drug-likeness (QED) is 0.819. The summed E-state index contributed by atoms with van der Waals surface area (Å²) in [5.41, 5.74) is 3.23. The number of benzene rings is 1. The van der Waals surface area contributed by atoms with Crippen molar-refractivity contribution in [3.05, 3.63) is 35.4 Å². The topological polar surface area (TPSA) is 12.0 Å². The zero-order valence-electron chi connectivity index (χ0n) is 11.6. The molecule has 0 amide bonds. The monoisotopic (exact) mass is 231 g/mol. The molecule has 1 nitrogen and oxygen atoms in total. The molecule has 1 atom stereocenters. The lowest BCUT2D eigenvalue weighted by Gasteiger charge is -2.32. The van der Waals surface area contributed by atoms with Crippen LogP contribution in [0.15, 0.2) is 24.3 Å². The molecule has 2 rings (SSSR count). The van der Waals surface area contributed by atoms with Crippen LogP contribution in [0.1, 0.15) is 63.1 Å². The van der Waals surface area contributed by atoms with Gasteiger partial charge in [0.15, 0.2) is 0 Å². The summed E-state index contributed by atoms with van der Waals surface area (Å²) in [4.78, 5) is 0. The SMILES string of the molecule is CNC(c1cccc(C2CCC2)c1)C(C)(C)C. The van der Waals surface area contributed by atoms with Crippen molar-refractivity contribution >= 4 is 0 Å². The minimum atomic E-state index is 0.257. The van der Waals surface area contributed by atoms with Gasteiger partial charge in [0.2, 0.25) is 0 Å². The van der Waals surface area contributed by atoms with Crippen molar-refractivity contribution in [1.82, 2.24) is 5.32 Å². The number of rotatable bonds is 3. The normalized spacial score (nSPS) is 18.8. The lowest BCUT2D eigenvalue weighted by atomic mass is 9.77. The van der Waals surface area contributed by atoms with E-state index in [1.54, 1.807) is 5.56 Å². The molecule has 1 aliphatic carbocycles. The third-order valence-corrected chi connectivity index (χ3v) is 3.98. The molecular formula is C16H25N. The average Bonchev–Trinajstić information content (AvgIpc) is 2.14. The zero-order valence-corrected chi connectivity index (χ0v) is 11.6. The molecule has 0 bridgehead atoms. The summed E-state index contributed by atoms with van der Waals surface area (Å²) < 4.78 is 0.